The Bertz CT molecular complexity index is 649. The molecule has 1 fully saturated rings. The van der Waals surface area contributed by atoms with Gasteiger partial charge in [-0.1, -0.05) is 37.3 Å². The molecule has 150 valence electrons. The van der Waals surface area contributed by atoms with Gasteiger partial charge in [-0.3, -0.25) is 13.8 Å². The lowest BCUT2D eigenvalue weighted by molar-refractivity contribution is -0.239. The highest BCUT2D eigenvalue weighted by Crippen LogP contribution is 2.28. The summed E-state index contributed by atoms with van der Waals surface area (Å²) in [5, 5.41) is -0.464. The summed E-state index contributed by atoms with van der Waals surface area (Å²) in [4.78, 5) is 22.7. The lowest BCUT2D eigenvalue weighted by atomic mass is 10.0. The summed E-state index contributed by atoms with van der Waals surface area (Å²) in [6.07, 6.45) is -1.83. The Morgan fingerprint density at radius 2 is 1.89 bits per heavy atom. The molecule has 0 bridgehead atoms. The van der Waals surface area contributed by atoms with Crippen LogP contribution in [-0.4, -0.2) is 52.3 Å². The molecule has 0 amide bonds. The molecular weight excluding hydrogens is 372 g/mol. The number of carbonyl (C=O) groups is 2. The highest BCUT2D eigenvalue weighted by molar-refractivity contribution is 7.85. The predicted octanol–water partition coefficient (Wildman–Crippen LogP) is 1.95. The molecule has 2 rings (SSSR count). The summed E-state index contributed by atoms with van der Waals surface area (Å²) in [6, 6.07) is 9.61. The first-order chi connectivity index (χ1) is 12.9. The van der Waals surface area contributed by atoms with Crippen molar-refractivity contribution in [3.8, 4) is 0 Å². The number of rotatable bonds is 8. The molecule has 0 radical (unpaired) electrons. The third kappa shape index (κ3) is 6.71. The second-order valence-electron chi connectivity index (χ2n) is 6.22. The molecule has 1 heterocycles. The van der Waals surface area contributed by atoms with E-state index in [1.54, 1.807) is 6.92 Å². The van der Waals surface area contributed by atoms with Crippen molar-refractivity contribution in [3.63, 3.8) is 0 Å². The van der Waals surface area contributed by atoms with Crippen LogP contribution in [0.15, 0.2) is 30.3 Å². The van der Waals surface area contributed by atoms with Gasteiger partial charge >= 0.3 is 11.9 Å². The molecule has 0 spiro atoms. The summed E-state index contributed by atoms with van der Waals surface area (Å²) in [5.74, 6) is -0.562. The molecule has 1 aliphatic heterocycles. The van der Waals surface area contributed by atoms with Crippen LogP contribution in [0.5, 0.6) is 0 Å². The summed E-state index contributed by atoms with van der Waals surface area (Å²) < 4.78 is 34.7. The van der Waals surface area contributed by atoms with Crippen molar-refractivity contribution >= 4 is 22.7 Å². The molecule has 0 aliphatic carbocycles. The average molecular weight is 398 g/mol. The topological polar surface area (TPSA) is 88.1 Å². The Hall–Kier alpha value is -1.77. The first-order valence-corrected chi connectivity index (χ1v) is 10.3. The van der Waals surface area contributed by atoms with Crippen LogP contribution >= 0.6 is 0 Å². The van der Waals surface area contributed by atoms with E-state index in [-0.39, 0.29) is 6.61 Å². The molecule has 8 heteroatoms. The maximum Gasteiger partial charge on any atom is 0.303 e. The van der Waals surface area contributed by atoms with E-state index >= 15 is 0 Å². The van der Waals surface area contributed by atoms with E-state index in [2.05, 4.69) is 0 Å². The van der Waals surface area contributed by atoms with Gasteiger partial charge in [0.15, 0.2) is 6.29 Å². The van der Waals surface area contributed by atoms with Crippen molar-refractivity contribution in [1.29, 1.82) is 0 Å². The van der Waals surface area contributed by atoms with Crippen molar-refractivity contribution in [3.05, 3.63) is 35.9 Å². The zero-order valence-electron chi connectivity index (χ0n) is 15.8. The fourth-order valence-electron chi connectivity index (χ4n) is 2.91. The fourth-order valence-corrected chi connectivity index (χ4v) is 4.24. The van der Waals surface area contributed by atoms with Gasteiger partial charge < -0.3 is 18.9 Å². The molecule has 1 aromatic carbocycles. The van der Waals surface area contributed by atoms with Gasteiger partial charge in [0, 0.05) is 36.8 Å². The fraction of sp³-hybridized carbons (Fsp3) is 0.579. The van der Waals surface area contributed by atoms with E-state index in [0.29, 0.717) is 18.8 Å². The number of ether oxygens (including phenoxy) is 4. The lowest BCUT2D eigenvalue weighted by Gasteiger charge is -2.40. The van der Waals surface area contributed by atoms with E-state index in [4.69, 9.17) is 18.9 Å². The smallest absolute Gasteiger partial charge is 0.303 e. The predicted molar refractivity (Wildman–Crippen MR) is 99.2 cm³/mol. The number of hydrogen-bond acceptors (Lipinski definition) is 7. The van der Waals surface area contributed by atoms with Crippen molar-refractivity contribution in [2.75, 3.05) is 12.4 Å². The number of hydrogen-bond donors (Lipinski definition) is 0. The molecule has 0 saturated carbocycles. The Morgan fingerprint density at radius 3 is 2.48 bits per heavy atom. The molecule has 0 N–H and O–H groups in total. The minimum absolute atomic E-state index is 0.101. The van der Waals surface area contributed by atoms with Gasteiger partial charge in [-0.05, 0) is 5.56 Å². The molecule has 7 nitrogen and oxygen atoms in total. The molecule has 1 aliphatic rings. The van der Waals surface area contributed by atoms with Crippen LogP contribution in [-0.2, 0) is 45.9 Å². The molecule has 1 unspecified atom stereocenters. The lowest BCUT2D eigenvalue weighted by Crippen LogP contribution is -2.54. The Labute approximate surface area is 161 Å². The summed E-state index contributed by atoms with van der Waals surface area (Å²) in [6.45, 7) is 4.60. The van der Waals surface area contributed by atoms with Gasteiger partial charge in [0.25, 0.3) is 0 Å². The zero-order valence-corrected chi connectivity index (χ0v) is 16.6. The highest BCUT2D eigenvalue weighted by Gasteiger charge is 2.44. The Balaban J connectivity index is 2.13. The monoisotopic (exact) mass is 398 g/mol. The molecule has 5 atom stereocenters. The number of esters is 2. The van der Waals surface area contributed by atoms with Crippen molar-refractivity contribution in [2.45, 2.75) is 57.5 Å². The first kappa shape index (κ1) is 21.5. The molecule has 0 aromatic heterocycles. The first-order valence-electron chi connectivity index (χ1n) is 8.89. The third-order valence-corrected chi connectivity index (χ3v) is 5.84. The minimum Gasteiger partial charge on any atom is -0.463 e. The van der Waals surface area contributed by atoms with Crippen LogP contribution in [0.2, 0.25) is 0 Å². The van der Waals surface area contributed by atoms with Gasteiger partial charge in [-0.15, -0.1) is 0 Å². The van der Waals surface area contributed by atoms with Gasteiger partial charge in [0.05, 0.1) is 11.9 Å². The van der Waals surface area contributed by atoms with E-state index < -0.39 is 46.5 Å². The van der Waals surface area contributed by atoms with Crippen LogP contribution < -0.4 is 0 Å². The second kappa shape index (κ2) is 10.5. The SMILES string of the molecule is CCS(=O)[C@@H]1C[C@@H](OCc2ccccc2)O[C@H](COC(C)=O)[C@H]1OC(C)=O. The standard InChI is InChI=1S/C19H26O7S/c1-4-27(22)17-10-18(24-11-15-8-6-5-7-9-15)26-16(12-23-13(2)20)19(17)25-14(3)21/h5-9,16-19H,4,10-12H2,1-3H3/t16-,17-,18+,19-,27?/m1/s1. The summed E-state index contributed by atoms with van der Waals surface area (Å²) >= 11 is 0. The quantitative estimate of drug-likeness (QED) is 0.619. The maximum absolute atomic E-state index is 12.6. The van der Waals surface area contributed by atoms with Crippen LogP contribution in [0, 0.1) is 0 Å². The largest absolute Gasteiger partial charge is 0.463 e. The second-order valence-corrected chi connectivity index (χ2v) is 8.17. The van der Waals surface area contributed by atoms with Crippen molar-refractivity contribution in [2.24, 2.45) is 0 Å². The molecule has 1 saturated heterocycles. The molecular formula is C19H26O7S. The van der Waals surface area contributed by atoms with Crippen LogP contribution in [0.1, 0.15) is 32.8 Å². The van der Waals surface area contributed by atoms with Crippen molar-refractivity contribution < 1.29 is 32.7 Å². The zero-order chi connectivity index (χ0) is 19.8. The summed E-state index contributed by atoms with van der Waals surface area (Å²) in [5.41, 5.74) is 0.980. The minimum atomic E-state index is -1.24. The van der Waals surface area contributed by atoms with Crippen LogP contribution in [0.25, 0.3) is 0 Å². The number of benzene rings is 1. The van der Waals surface area contributed by atoms with Gasteiger partial charge in [-0.25, -0.2) is 0 Å². The Kier molecular flexibility index (Phi) is 8.40. The maximum atomic E-state index is 12.6. The van der Waals surface area contributed by atoms with Gasteiger partial charge in [0.2, 0.25) is 0 Å². The molecule has 27 heavy (non-hydrogen) atoms. The third-order valence-electron chi connectivity index (χ3n) is 4.14. The van der Waals surface area contributed by atoms with Crippen LogP contribution in [0.4, 0.5) is 0 Å². The van der Waals surface area contributed by atoms with Gasteiger partial charge in [0.1, 0.15) is 18.8 Å². The van der Waals surface area contributed by atoms with E-state index in [1.807, 2.05) is 30.3 Å². The van der Waals surface area contributed by atoms with E-state index in [0.717, 1.165) is 5.56 Å². The average Bonchev–Trinajstić information content (AvgIpc) is 2.65. The molecule has 1 aromatic rings. The van der Waals surface area contributed by atoms with E-state index in [1.165, 1.54) is 13.8 Å². The van der Waals surface area contributed by atoms with Gasteiger partial charge in [-0.2, -0.15) is 0 Å². The van der Waals surface area contributed by atoms with Crippen LogP contribution in [0.3, 0.4) is 0 Å². The Morgan fingerprint density at radius 1 is 1.19 bits per heavy atom. The summed E-state index contributed by atoms with van der Waals surface area (Å²) in [7, 11) is -1.24. The normalized spacial score (nSPS) is 26.2. The number of carbonyl (C=O) groups excluding carboxylic acids is 2. The van der Waals surface area contributed by atoms with E-state index in [9.17, 15) is 13.8 Å². The highest BCUT2D eigenvalue weighted by atomic mass is 32.2. The van der Waals surface area contributed by atoms with Crippen molar-refractivity contribution in [1.82, 2.24) is 0 Å².